The Morgan fingerprint density at radius 1 is 0.571 bits per heavy atom. The third-order valence-electron chi connectivity index (χ3n) is 13.2. The van der Waals surface area contributed by atoms with Crippen LogP contribution in [0.5, 0.6) is 0 Å². The third kappa shape index (κ3) is 22.4. The normalized spacial score (nSPS) is 15.5. The highest BCUT2D eigenvalue weighted by atomic mass is 16.5. The van der Waals surface area contributed by atoms with Crippen LogP contribution < -0.4 is 21.3 Å². The molecule has 2 amide bonds. The van der Waals surface area contributed by atoms with Gasteiger partial charge in [-0.05, 0) is 98.1 Å². The van der Waals surface area contributed by atoms with Crippen LogP contribution in [0.4, 0.5) is 0 Å². The number of carbonyl (C=O) groups is 4. The van der Waals surface area contributed by atoms with Crippen molar-refractivity contribution in [2.45, 2.75) is 123 Å². The Labute approximate surface area is 420 Å². The van der Waals surface area contributed by atoms with Crippen LogP contribution in [0.2, 0.25) is 0 Å². The fourth-order valence-electron chi connectivity index (χ4n) is 9.84. The maximum atomic E-state index is 13.3. The lowest BCUT2D eigenvalue weighted by Gasteiger charge is -2.26. The van der Waals surface area contributed by atoms with Gasteiger partial charge in [-0.1, -0.05) is 169 Å². The quantitative estimate of drug-likeness (QED) is 0.0296. The highest BCUT2D eigenvalue weighted by Gasteiger charge is 2.24. The lowest BCUT2D eigenvalue weighted by atomic mass is 9.81. The number of hydrogen-bond acceptors (Lipinski definition) is 9. The SMILES string of the molecule is C.CC(=O)NCCO.CNC[C@@H](CC(=O)c1cccc(C(O)c2ccccc2)c1)CC1CCCCC1.CNC[C@@H](CC(=O)c1cccc(C(OCCNC(C)=O)c2ccccc2)c1)CC1CCCCC1. The highest BCUT2D eigenvalue weighted by molar-refractivity contribution is 5.97. The smallest absolute Gasteiger partial charge is 0.216 e. The van der Waals surface area contributed by atoms with E-state index in [0.717, 1.165) is 65.6 Å². The molecule has 6 rings (SSSR count). The van der Waals surface area contributed by atoms with E-state index in [9.17, 15) is 24.3 Å². The minimum absolute atomic E-state index is 0. The van der Waals surface area contributed by atoms with E-state index in [1.165, 1.54) is 78.1 Å². The second-order valence-electron chi connectivity index (χ2n) is 19.0. The number of aliphatic hydroxyl groups is 2. The summed E-state index contributed by atoms with van der Waals surface area (Å²) in [6, 6.07) is 35.0. The van der Waals surface area contributed by atoms with Gasteiger partial charge in [0.15, 0.2) is 11.6 Å². The summed E-state index contributed by atoms with van der Waals surface area (Å²) in [5.74, 6) is 2.47. The summed E-state index contributed by atoms with van der Waals surface area (Å²) in [5.41, 5.74) is 5.05. The van der Waals surface area contributed by atoms with Crippen molar-refractivity contribution < 1.29 is 34.1 Å². The first-order valence-corrected chi connectivity index (χ1v) is 25.6. The molecule has 11 nitrogen and oxygen atoms in total. The summed E-state index contributed by atoms with van der Waals surface area (Å²) in [7, 11) is 3.94. The van der Waals surface area contributed by atoms with Crippen LogP contribution in [0.3, 0.4) is 0 Å². The summed E-state index contributed by atoms with van der Waals surface area (Å²) in [6.07, 6.45) is 15.7. The number of benzene rings is 4. The molecular weight excluding hydrogens is 877 g/mol. The number of aliphatic hydroxyl groups excluding tert-OH is 2. The van der Waals surface area contributed by atoms with Crippen LogP contribution >= 0.6 is 0 Å². The molecule has 0 radical (unpaired) electrons. The number of hydrogen-bond donors (Lipinski definition) is 6. The zero-order valence-corrected chi connectivity index (χ0v) is 41.9. The Morgan fingerprint density at radius 3 is 1.44 bits per heavy atom. The van der Waals surface area contributed by atoms with Gasteiger partial charge in [0.05, 0.1) is 13.2 Å². The number of carbonyl (C=O) groups excluding carboxylic acids is 4. The summed E-state index contributed by atoms with van der Waals surface area (Å²) in [6.45, 7) is 5.88. The molecule has 2 unspecified atom stereocenters. The molecule has 2 aliphatic rings. The standard InChI is InChI=1S/C29H40N2O3.C25H33NO2.C4H9NO2.CH4/c1-22(32)31-16-17-34-29(25-12-7-4-8-13-25)27-15-9-14-26(20-27)28(33)19-24(21-30-2)18-23-10-5-3-6-11-23;1-26-18-20(15-19-9-4-2-5-10-19)16-24(27)22-13-8-14-23(17-22)25(28)21-11-6-3-7-12-21;1-4(7)5-2-3-6;/h4,7-9,12-15,20,23-24,29-30H,3,5-6,10-11,16-19,21H2,1-2H3,(H,31,32);3,6-8,11-14,17,19-20,25-26,28H,2,4-5,9-10,15-16,18H2,1H3;6H,2-3H2,1H3,(H,5,7);1H4/t24-,29?;20-,25?;;/m11../s1. The number of nitrogens with one attached hydrogen (secondary N) is 4. The molecule has 4 aromatic carbocycles. The molecule has 11 heteroatoms. The van der Waals surface area contributed by atoms with Crippen molar-refractivity contribution in [3.05, 3.63) is 143 Å². The van der Waals surface area contributed by atoms with E-state index in [0.29, 0.717) is 49.9 Å². The fraction of sp³-hybridized carbons (Fsp3) is 0.525. The average molecular weight is 963 g/mol. The molecule has 0 aromatic heterocycles. The molecule has 0 bridgehead atoms. The van der Waals surface area contributed by atoms with Gasteiger partial charge in [-0.15, -0.1) is 0 Å². The molecule has 0 aliphatic heterocycles. The van der Waals surface area contributed by atoms with Crippen molar-refractivity contribution >= 4 is 23.4 Å². The molecule has 2 fully saturated rings. The van der Waals surface area contributed by atoms with Crippen molar-refractivity contribution in [3.63, 3.8) is 0 Å². The van der Waals surface area contributed by atoms with E-state index >= 15 is 0 Å². The van der Waals surface area contributed by atoms with E-state index in [-0.39, 0.29) is 43.5 Å². The Kier molecular flexibility index (Phi) is 29.1. The van der Waals surface area contributed by atoms with Gasteiger partial charge in [0, 0.05) is 50.9 Å². The van der Waals surface area contributed by atoms with Crippen molar-refractivity contribution in [2.75, 3.05) is 53.5 Å². The Bertz CT molecular complexity index is 2070. The maximum Gasteiger partial charge on any atom is 0.216 e. The zero-order chi connectivity index (χ0) is 49.6. The Hall–Kier alpha value is -5.04. The van der Waals surface area contributed by atoms with Gasteiger partial charge in [-0.2, -0.15) is 0 Å². The number of ether oxygens (including phenoxy) is 1. The number of amides is 2. The first-order chi connectivity index (χ1) is 33.5. The second kappa shape index (κ2) is 34.3. The van der Waals surface area contributed by atoms with Crippen molar-refractivity contribution in [1.29, 1.82) is 0 Å². The first kappa shape index (κ1) is 59.3. The molecule has 384 valence electrons. The van der Waals surface area contributed by atoms with Gasteiger partial charge in [0.2, 0.25) is 11.8 Å². The zero-order valence-electron chi connectivity index (χ0n) is 41.9. The summed E-state index contributed by atoms with van der Waals surface area (Å²) < 4.78 is 6.18. The van der Waals surface area contributed by atoms with Crippen molar-refractivity contribution in [2.24, 2.45) is 23.7 Å². The predicted octanol–water partition coefficient (Wildman–Crippen LogP) is 10.2. The second-order valence-corrected chi connectivity index (χ2v) is 19.0. The number of rotatable bonds is 24. The van der Waals surface area contributed by atoms with Crippen LogP contribution in [0.25, 0.3) is 0 Å². The van der Waals surface area contributed by atoms with Crippen LogP contribution in [0.15, 0.2) is 109 Å². The summed E-state index contributed by atoms with van der Waals surface area (Å²) >= 11 is 0. The molecule has 2 aliphatic carbocycles. The fourth-order valence-corrected chi connectivity index (χ4v) is 9.84. The Balaban J connectivity index is 0.000000326. The lowest BCUT2D eigenvalue weighted by molar-refractivity contribution is -0.120. The van der Waals surface area contributed by atoms with Gasteiger partial charge < -0.3 is 36.2 Å². The molecular formula is C59H86N4O7. The van der Waals surface area contributed by atoms with Gasteiger partial charge in [0.1, 0.15) is 12.2 Å². The van der Waals surface area contributed by atoms with Crippen molar-refractivity contribution in [1.82, 2.24) is 21.3 Å². The number of ketones is 2. The van der Waals surface area contributed by atoms with Crippen LogP contribution in [0.1, 0.15) is 166 Å². The van der Waals surface area contributed by atoms with Crippen LogP contribution in [0, 0.1) is 23.7 Å². The molecule has 0 saturated heterocycles. The Morgan fingerprint density at radius 2 is 1.00 bits per heavy atom. The van der Waals surface area contributed by atoms with Crippen LogP contribution in [-0.4, -0.2) is 87.1 Å². The third-order valence-corrected chi connectivity index (χ3v) is 13.2. The largest absolute Gasteiger partial charge is 0.395 e. The van der Waals surface area contributed by atoms with Gasteiger partial charge >= 0.3 is 0 Å². The van der Waals surface area contributed by atoms with E-state index in [1.54, 1.807) is 0 Å². The van der Waals surface area contributed by atoms with E-state index < -0.39 is 6.10 Å². The molecule has 0 heterocycles. The minimum atomic E-state index is -0.704. The average Bonchev–Trinajstić information content (AvgIpc) is 3.37. The monoisotopic (exact) mass is 963 g/mol. The van der Waals surface area contributed by atoms with Gasteiger partial charge in [-0.3, -0.25) is 19.2 Å². The maximum absolute atomic E-state index is 13.3. The van der Waals surface area contributed by atoms with E-state index in [2.05, 4.69) is 21.3 Å². The summed E-state index contributed by atoms with van der Waals surface area (Å²) in [4.78, 5) is 47.5. The van der Waals surface area contributed by atoms with Gasteiger partial charge in [0.25, 0.3) is 0 Å². The summed E-state index contributed by atoms with van der Waals surface area (Å²) in [5, 5.41) is 30.5. The molecule has 2 saturated carbocycles. The topological polar surface area (TPSA) is 166 Å². The molecule has 0 spiro atoms. The molecule has 70 heavy (non-hydrogen) atoms. The minimum Gasteiger partial charge on any atom is -0.395 e. The lowest BCUT2D eigenvalue weighted by Crippen LogP contribution is -2.25. The van der Waals surface area contributed by atoms with Gasteiger partial charge in [-0.25, -0.2) is 0 Å². The first-order valence-electron chi connectivity index (χ1n) is 25.6. The van der Waals surface area contributed by atoms with E-state index in [4.69, 9.17) is 9.84 Å². The van der Waals surface area contributed by atoms with Crippen LogP contribution in [-0.2, 0) is 14.3 Å². The van der Waals surface area contributed by atoms with E-state index in [1.807, 2.05) is 123 Å². The molecule has 4 aromatic rings. The molecule has 6 N–H and O–H groups in total. The van der Waals surface area contributed by atoms with Crippen molar-refractivity contribution in [3.8, 4) is 0 Å². The molecule has 4 atom stereocenters. The highest BCUT2D eigenvalue weighted by Crippen LogP contribution is 2.33. The number of Topliss-reactive ketones (excluding diaryl/α,β-unsaturated/α-hetero) is 2. The predicted molar refractivity (Wildman–Crippen MR) is 284 cm³/mol.